The third kappa shape index (κ3) is 5.03. The monoisotopic (exact) mass is 499 g/mol. The minimum absolute atomic E-state index is 0.0842. The largest absolute Gasteiger partial charge is 0.350 e. The van der Waals surface area contributed by atoms with Crippen molar-refractivity contribution < 1.29 is 14.4 Å². The van der Waals surface area contributed by atoms with Gasteiger partial charge < -0.3 is 10.6 Å². The molecule has 0 spiro atoms. The maximum Gasteiger partial charge on any atom is 0.283 e. The van der Waals surface area contributed by atoms with Crippen molar-refractivity contribution in [3.8, 4) is 0 Å². The second-order valence-electron chi connectivity index (χ2n) is 7.13. The fourth-order valence-electron chi connectivity index (χ4n) is 3.24. The first-order chi connectivity index (χ1) is 15.8. The van der Waals surface area contributed by atoms with Gasteiger partial charge in [-0.25, -0.2) is 4.90 Å². The number of benzene rings is 3. The lowest BCUT2D eigenvalue weighted by atomic mass is 10.1. The van der Waals surface area contributed by atoms with E-state index in [2.05, 4.69) is 10.6 Å². The van der Waals surface area contributed by atoms with E-state index in [1.165, 1.54) is 18.2 Å². The van der Waals surface area contributed by atoms with E-state index in [9.17, 15) is 14.4 Å². The van der Waals surface area contributed by atoms with Gasteiger partial charge in [0.2, 0.25) is 0 Å². The quantitative estimate of drug-likeness (QED) is 0.447. The number of anilines is 2. The molecule has 6 nitrogen and oxygen atoms in total. The maximum absolute atomic E-state index is 12.9. The van der Waals surface area contributed by atoms with Crippen molar-refractivity contribution in [1.82, 2.24) is 5.32 Å². The van der Waals surface area contributed by atoms with E-state index in [1.807, 2.05) is 30.3 Å². The predicted octanol–water partition coefficient (Wildman–Crippen LogP) is 5.36. The molecule has 0 aliphatic carbocycles. The molecule has 166 valence electrons. The molecular formula is C24H16Cl3N3O3. The van der Waals surface area contributed by atoms with E-state index < -0.39 is 11.8 Å². The molecular weight excluding hydrogens is 485 g/mol. The molecule has 2 N–H and O–H groups in total. The van der Waals surface area contributed by atoms with Crippen molar-refractivity contribution in [3.05, 3.63) is 105 Å². The number of nitrogens with one attached hydrogen (secondary N) is 2. The Hall–Kier alpha value is -3.32. The first-order valence-corrected chi connectivity index (χ1v) is 10.9. The van der Waals surface area contributed by atoms with Crippen LogP contribution in [0.15, 0.2) is 83.5 Å². The number of halogens is 3. The van der Waals surface area contributed by atoms with Crippen LogP contribution in [-0.2, 0) is 16.1 Å². The Bertz CT molecular complexity index is 1250. The van der Waals surface area contributed by atoms with E-state index >= 15 is 0 Å². The molecule has 0 atom stereocenters. The summed E-state index contributed by atoms with van der Waals surface area (Å²) in [6.07, 6.45) is 0. The van der Waals surface area contributed by atoms with E-state index in [-0.39, 0.29) is 32.4 Å². The fourth-order valence-corrected chi connectivity index (χ4v) is 3.97. The van der Waals surface area contributed by atoms with E-state index in [0.717, 1.165) is 10.5 Å². The van der Waals surface area contributed by atoms with Crippen LogP contribution in [0.3, 0.4) is 0 Å². The summed E-state index contributed by atoms with van der Waals surface area (Å²) in [5, 5.41) is 5.99. The van der Waals surface area contributed by atoms with Gasteiger partial charge in [-0.2, -0.15) is 0 Å². The second kappa shape index (κ2) is 9.67. The van der Waals surface area contributed by atoms with Crippen LogP contribution in [0.1, 0.15) is 15.9 Å². The van der Waals surface area contributed by atoms with Crippen molar-refractivity contribution in [3.63, 3.8) is 0 Å². The lowest BCUT2D eigenvalue weighted by Gasteiger charge is -2.16. The zero-order valence-corrected chi connectivity index (χ0v) is 19.2. The maximum atomic E-state index is 12.9. The topological polar surface area (TPSA) is 78.5 Å². The molecule has 0 unspecified atom stereocenters. The van der Waals surface area contributed by atoms with Crippen molar-refractivity contribution in [2.45, 2.75) is 6.54 Å². The van der Waals surface area contributed by atoms with Crippen LogP contribution in [0.5, 0.6) is 0 Å². The van der Waals surface area contributed by atoms with Gasteiger partial charge in [-0.05, 0) is 48.0 Å². The lowest BCUT2D eigenvalue weighted by molar-refractivity contribution is -0.120. The van der Waals surface area contributed by atoms with E-state index in [4.69, 9.17) is 34.8 Å². The third-order valence-corrected chi connectivity index (χ3v) is 5.63. The Labute approximate surface area is 204 Å². The molecule has 9 heteroatoms. The number of imide groups is 1. The van der Waals surface area contributed by atoms with Gasteiger partial charge in [0.15, 0.2) is 0 Å². The Morgan fingerprint density at radius 1 is 0.818 bits per heavy atom. The summed E-state index contributed by atoms with van der Waals surface area (Å²) in [6.45, 7) is 0.405. The summed E-state index contributed by atoms with van der Waals surface area (Å²) >= 11 is 18.1. The molecule has 3 aromatic carbocycles. The van der Waals surface area contributed by atoms with Crippen molar-refractivity contribution in [1.29, 1.82) is 0 Å². The molecule has 3 aromatic rings. The highest BCUT2D eigenvalue weighted by molar-refractivity contribution is 6.53. The van der Waals surface area contributed by atoms with Gasteiger partial charge >= 0.3 is 0 Å². The molecule has 1 aliphatic heterocycles. The average molecular weight is 501 g/mol. The number of carbonyl (C=O) groups excluding carboxylic acids is 3. The van der Waals surface area contributed by atoms with Crippen molar-refractivity contribution in [2.75, 3.05) is 10.2 Å². The summed E-state index contributed by atoms with van der Waals surface area (Å²) in [7, 11) is 0. The van der Waals surface area contributed by atoms with Crippen LogP contribution >= 0.6 is 34.8 Å². The zero-order chi connectivity index (χ0) is 23.5. The van der Waals surface area contributed by atoms with Crippen LogP contribution in [0.2, 0.25) is 10.0 Å². The Morgan fingerprint density at radius 2 is 1.45 bits per heavy atom. The summed E-state index contributed by atoms with van der Waals surface area (Å²) in [5.41, 5.74) is 2.04. The third-order valence-electron chi connectivity index (χ3n) is 4.85. The number of rotatable bonds is 6. The second-order valence-corrected chi connectivity index (χ2v) is 8.38. The lowest BCUT2D eigenvalue weighted by Crippen LogP contribution is -2.32. The summed E-state index contributed by atoms with van der Waals surface area (Å²) in [5.74, 6) is -1.58. The molecule has 33 heavy (non-hydrogen) atoms. The molecule has 0 bridgehead atoms. The molecule has 3 amide bonds. The molecule has 0 fully saturated rings. The minimum atomic E-state index is -0.695. The average Bonchev–Trinajstić information content (AvgIpc) is 3.01. The highest BCUT2D eigenvalue weighted by Crippen LogP contribution is 2.33. The highest BCUT2D eigenvalue weighted by Gasteiger charge is 2.39. The number of hydrogen-bond donors (Lipinski definition) is 2. The van der Waals surface area contributed by atoms with Crippen LogP contribution in [0.4, 0.5) is 11.4 Å². The smallest absolute Gasteiger partial charge is 0.283 e. The Kier molecular flexibility index (Phi) is 6.70. The summed E-state index contributed by atoms with van der Waals surface area (Å²) < 4.78 is 0. The SMILES string of the molecule is O=C(NCc1ccccc1)c1ccc(NC2=C(Cl)C(=O)N(c3cc(Cl)cc(Cl)c3)C2=O)cc1. The van der Waals surface area contributed by atoms with Crippen LogP contribution < -0.4 is 15.5 Å². The molecule has 0 saturated heterocycles. The summed E-state index contributed by atoms with van der Waals surface area (Å²) in [4.78, 5) is 38.8. The predicted molar refractivity (Wildman–Crippen MR) is 130 cm³/mol. The fraction of sp³-hybridized carbons (Fsp3) is 0.0417. The molecule has 1 aliphatic rings. The number of hydrogen-bond acceptors (Lipinski definition) is 4. The molecule has 0 radical (unpaired) electrons. The van der Waals surface area contributed by atoms with Gasteiger partial charge in [0.1, 0.15) is 10.7 Å². The summed E-state index contributed by atoms with van der Waals surface area (Å²) in [6, 6.07) is 20.4. The number of carbonyl (C=O) groups is 3. The van der Waals surface area contributed by atoms with Gasteiger partial charge in [0.05, 0.1) is 5.69 Å². The Morgan fingerprint density at radius 3 is 2.09 bits per heavy atom. The normalized spacial score (nSPS) is 13.5. The number of nitrogens with zero attached hydrogens (tertiary/aromatic N) is 1. The number of amides is 3. The van der Waals surface area contributed by atoms with Crippen molar-refractivity contribution >= 4 is 63.9 Å². The van der Waals surface area contributed by atoms with E-state index in [0.29, 0.717) is 17.8 Å². The molecule has 4 rings (SSSR count). The van der Waals surface area contributed by atoms with Gasteiger partial charge in [-0.15, -0.1) is 0 Å². The van der Waals surface area contributed by atoms with Crippen LogP contribution in [0.25, 0.3) is 0 Å². The van der Waals surface area contributed by atoms with Gasteiger partial charge in [0, 0.05) is 27.8 Å². The first-order valence-electron chi connectivity index (χ1n) is 9.77. The van der Waals surface area contributed by atoms with Gasteiger partial charge in [0.25, 0.3) is 17.7 Å². The Balaban J connectivity index is 1.45. The standard InChI is InChI=1S/C24H16Cl3N3O3/c25-16-10-17(26)12-19(11-16)30-23(32)20(27)21(24(30)33)29-18-8-6-15(7-9-18)22(31)28-13-14-4-2-1-3-5-14/h1-12,29H,13H2,(H,28,31). The van der Waals surface area contributed by atoms with E-state index in [1.54, 1.807) is 24.3 Å². The van der Waals surface area contributed by atoms with Crippen molar-refractivity contribution in [2.24, 2.45) is 0 Å². The molecule has 0 saturated carbocycles. The molecule has 0 aromatic heterocycles. The van der Waals surface area contributed by atoms with Gasteiger partial charge in [-0.3, -0.25) is 14.4 Å². The zero-order valence-electron chi connectivity index (χ0n) is 16.9. The molecule has 1 heterocycles. The first kappa shape index (κ1) is 22.9. The van der Waals surface area contributed by atoms with Gasteiger partial charge in [-0.1, -0.05) is 65.1 Å². The highest BCUT2D eigenvalue weighted by atomic mass is 35.5. The van der Waals surface area contributed by atoms with Crippen LogP contribution in [-0.4, -0.2) is 17.7 Å². The minimum Gasteiger partial charge on any atom is -0.350 e. The van der Waals surface area contributed by atoms with Crippen LogP contribution in [0, 0.1) is 0 Å².